The molecule has 0 spiro atoms. The first-order chi connectivity index (χ1) is 18.0. The lowest BCUT2D eigenvalue weighted by atomic mass is 10.1. The quantitative estimate of drug-likeness (QED) is 0.172. The molecule has 0 bridgehead atoms. The third kappa shape index (κ3) is 6.23. The van der Waals surface area contributed by atoms with E-state index in [0.29, 0.717) is 22.1 Å². The van der Waals surface area contributed by atoms with Gasteiger partial charge in [0.15, 0.2) is 0 Å². The molecule has 0 fully saturated rings. The van der Waals surface area contributed by atoms with E-state index in [1.165, 1.54) is 60.7 Å². The molecule has 0 unspecified atom stereocenters. The summed E-state index contributed by atoms with van der Waals surface area (Å²) in [5, 5.41) is 14.4. The van der Waals surface area contributed by atoms with Crippen LogP contribution in [0, 0.1) is 17.0 Å². The average Bonchev–Trinajstić information content (AvgIpc) is 2.86. The Bertz CT molecular complexity index is 1640. The number of hydrogen-bond acceptors (Lipinski definition) is 6. The number of nitrogens with one attached hydrogen (secondary N) is 2. The molecule has 12 heteroatoms. The first-order valence-electron chi connectivity index (χ1n) is 10.9. The van der Waals surface area contributed by atoms with Gasteiger partial charge in [-0.05, 0) is 73.2 Å². The van der Waals surface area contributed by atoms with Crippen molar-refractivity contribution in [2.45, 2.75) is 11.8 Å². The maximum absolute atomic E-state index is 13.1. The second-order valence-corrected chi connectivity index (χ2v) is 10.6. The number of nitro benzene ring substituents is 1. The standard InChI is InChI=1S/C26H19Cl2N3O6S/c1-16-6-13-24(31(33)34)23(14-16)29-26(32)20-15-17(27)7-12-22(20)30-38(35,36)19-10-8-18(9-11-19)37-25-5-3-2-4-21(25)28/h2-15,30H,1H3,(H,29,32). The molecule has 9 nitrogen and oxygen atoms in total. The molecule has 0 aromatic heterocycles. The van der Waals surface area contributed by atoms with E-state index in [1.54, 1.807) is 31.2 Å². The van der Waals surface area contributed by atoms with Gasteiger partial charge in [0.1, 0.15) is 17.2 Å². The van der Waals surface area contributed by atoms with Crippen molar-refractivity contribution in [2.24, 2.45) is 0 Å². The summed E-state index contributed by atoms with van der Waals surface area (Å²) in [6, 6.07) is 20.7. The number of rotatable bonds is 8. The highest BCUT2D eigenvalue weighted by atomic mass is 35.5. The fraction of sp³-hybridized carbons (Fsp3) is 0.0385. The molecule has 0 aliphatic rings. The molecular weight excluding hydrogens is 553 g/mol. The van der Waals surface area contributed by atoms with Crippen LogP contribution in [0.5, 0.6) is 11.5 Å². The molecule has 4 rings (SSSR count). The summed E-state index contributed by atoms with van der Waals surface area (Å²) in [4.78, 5) is 23.7. The number of para-hydroxylation sites is 1. The second-order valence-electron chi connectivity index (χ2n) is 8.03. The Kier molecular flexibility index (Phi) is 7.86. The van der Waals surface area contributed by atoms with Gasteiger partial charge < -0.3 is 10.1 Å². The van der Waals surface area contributed by atoms with Crippen LogP contribution in [-0.2, 0) is 10.0 Å². The molecule has 0 saturated heterocycles. The van der Waals surface area contributed by atoms with Gasteiger partial charge in [0.25, 0.3) is 21.6 Å². The van der Waals surface area contributed by atoms with Crippen LogP contribution in [0.4, 0.5) is 17.1 Å². The number of amides is 1. The van der Waals surface area contributed by atoms with Crippen molar-refractivity contribution < 1.29 is 22.9 Å². The van der Waals surface area contributed by atoms with Crippen molar-refractivity contribution in [3.8, 4) is 11.5 Å². The van der Waals surface area contributed by atoms with Crippen LogP contribution in [0.3, 0.4) is 0 Å². The molecule has 0 aliphatic heterocycles. The van der Waals surface area contributed by atoms with Crippen molar-refractivity contribution >= 4 is 56.2 Å². The third-order valence-corrected chi connectivity index (χ3v) is 7.19. The molecule has 194 valence electrons. The third-order valence-electron chi connectivity index (χ3n) is 5.27. The van der Waals surface area contributed by atoms with Gasteiger partial charge in [-0.2, -0.15) is 0 Å². The molecule has 4 aromatic carbocycles. The summed E-state index contributed by atoms with van der Waals surface area (Å²) in [7, 11) is -4.14. The lowest BCUT2D eigenvalue weighted by Crippen LogP contribution is -2.19. The maximum atomic E-state index is 13.1. The van der Waals surface area contributed by atoms with E-state index < -0.39 is 20.9 Å². The number of anilines is 2. The van der Waals surface area contributed by atoms with Crippen LogP contribution in [0.25, 0.3) is 0 Å². The Hall–Kier alpha value is -4.12. The lowest BCUT2D eigenvalue weighted by molar-refractivity contribution is -0.383. The number of nitrogens with zero attached hydrogens (tertiary/aromatic N) is 1. The Labute approximate surface area is 228 Å². The summed E-state index contributed by atoms with van der Waals surface area (Å²) in [5.74, 6) is -0.0145. The maximum Gasteiger partial charge on any atom is 0.292 e. The molecule has 2 N–H and O–H groups in total. The second kappa shape index (κ2) is 11.1. The van der Waals surface area contributed by atoms with E-state index in [0.717, 1.165) is 0 Å². The normalized spacial score (nSPS) is 11.0. The van der Waals surface area contributed by atoms with Crippen molar-refractivity contribution in [1.29, 1.82) is 0 Å². The summed E-state index contributed by atoms with van der Waals surface area (Å²) >= 11 is 12.2. The van der Waals surface area contributed by atoms with Crippen molar-refractivity contribution in [3.63, 3.8) is 0 Å². The van der Waals surface area contributed by atoms with E-state index in [9.17, 15) is 23.3 Å². The lowest BCUT2D eigenvalue weighted by Gasteiger charge is -2.14. The highest BCUT2D eigenvalue weighted by molar-refractivity contribution is 7.92. The first-order valence-corrected chi connectivity index (χ1v) is 13.2. The Morgan fingerprint density at radius 3 is 2.32 bits per heavy atom. The average molecular weight is 572 g/mol. The minimum Gasteiger partial charge on any atom is -0.456 e. The summed E-state index contributed by atoms with van der Waals surface area (Å²) in [6.45, 7) is 1.71. The SMILES string of the molecule is Cc1ccc([N+](=O)[O-])c(NC(=O)c2cc(Cl)ccc2NS(=O)(=O)c2ccc(Oc3ccccc3Cl)cc2)c1. The van der Waals surface area contributed by atoms with Crippen LogP contribution < -0.4 is 14.8 Å². The highest BCUT2D eigenvalue weighted by Gasteiger charge is 2.22. The van der Waals surface area contributed by atoms with Crippen molar-refractivity contribution in [3.05, 3.63) is 116 Å². The topological polar surface area (TPSA) is 128 Å². The predicted octanol–water partition coefficient (Wildman–Crippen LogP) is 7.06. The summed E-state index contributed by atoms with van der Waals surface area (Å²) in [5.41, 5.74) is 0.129. The van der Waals surface area contributed by atoms with Crippen LogP contribution >= 0.6 is 23.2 Å². The van der Waals surface area contributed by atoms with Gasteiger partial charge in [-0.15, -0.1) is 0 Å². The molecular formula is C26H19Cl2N3O6S. The van der Waals surface area contributed by atoms with E-state index in [1.807, 2.05) is 0 Å². The Morgan fingerprint density at radius 1 is 0.921 bits per heavy atom. The molecule has 0 heterocycles. The molecule has 38 heavy (non-hydrogen) atoms. The Morgan fingerprint density at radius 2 is 1.63 bits per heavy atom. The van der Waals surface area contributed by atoms with Gasteiger partial charge in [-0.1, -0.05) is 41.4 Å². The van der Waals surface area contributed by atoms with Crippen LogP contribution in [0.1, 0.15) is 15.9 Å². The fourth-order valence-electron chi connectivity index (χ4n) is 3.44. The zero-order valence-corrected chi connectivity index (χ0v) is 22.0. The Balaban J connectivity index is 1.58. The van der Waals surface area contributed by atoms with Crippen LogP contribution in [-0.4, -0.2) is 19.2 Å². The van der Waals surface area contributed by atoms with Gasteiger partial charge >= 0.3 is 0 Å². The minimum absolute atomic E-state index is 0.0390. The van der Waals surface area contributed by atoms with E-state index in [-0.39, 0.29) is 32.5 Å². The van der Waals surface area contributed by atoms with Crippen molar-refractivity contribution in [2.75, 3.05) is 10.0 Å². The van der Waals surface area contributed by atoms with E-state index in [2.05, 4.69) is 10.0 Å². The number of carbonyl (C=O) groups excluding carboxylic acids is 1. The highest BCUT2D eigenvalue weighted by Crippen LogP contribution is 2.31. The monoisotopic (exact) mass is 571 g/mol. The number of aryl methyl sites for hydroxylation is 1. The zero-order chi connectivity index (χ0) is 27.4. The largest absolute Gasteiger partial charge is 0.456 e. The smallest absolute Gasteiger partial charge is 0.292 e. The van der Waals surface area contributed by atoms with Gasteiger partial charge in [-0.25, -0.2) is 8.42 Å². The van der Waals surface area contributed by atoms with Gasteiger partial charge in [0.05, 0.1) is 26.1 Å². The molecule has 1 amide bonds. The van der Waals surface area contributed by atoms with Gasteiger partial charge in [-0.3, -0.25) is 19.6 Å². The van der Waals surface area contributed by atoms with E-state index in [4.69, 9.17) is 27.9 Å². The van der Waals surface area contributed by atoms with Gasteiger partial charge in [0, 0.05) is 11.1 Å². The first kappa shape index (κ1) is 26.9. The van der Waals surface area contributed by atoms with Crippen molar-refractivity contribution in [1.82, 2.24) is 0 Å². The predicted molar refractivity (Wildman–Crippen MR) is 146 cm³/mol. The van der Waals surface area contributed by atoms with Crippen LogP contribution in [0.2, 0.25) is 10.0 Å². The number of sulfonamides is 1. The molecule has 0 atom stereocenters. The number of ether oxygens (including phenoxy) is 1. The van der Waals surface area contributed by atoms with Gasteiger partial charge in [0.2, 0.25) is 0 Å². The van der Waals surface area contributed by atoms with E-state index >= 15 is 0 Å². The fourth-order valence-corrected chi connectivity index (χ4v) is 4.86. The molecule has 4 aromatic rings. The summed E-state index contributed by atoms with van der Waals surface area (Å²) < 4.78 is 34.3. The van der Waals surface area contributed by atoms with Crippen LogP contribution in [0.15, 0.2) is 89.8 Å². The number of nitro groups is 1. The number of benzene rings is 4. The number of carbonyl (C=O) groups is 1. The molecule has 0 radical (unpaired) electrons. The molecule has 0 aliphatic carbocycles. The number of halogens is 2. The molecule has 0 saturated carbocycles. The minimum atomic E-state index is -4.14. The summed E-state index contributed by atoms with van der Waals surface area (Å²) in [6.07, 6.45) is 0. The zero-order valence-electron chi connectivity index (χ0n) is 19.6. The number of hydrogen-bond donors (Lipinski definition) is 2.